The number of amides is 4. The molecule has 3 N–H and O–H groups in total. The van der Waals surface area contributed by atoms with E-state index in [-0.39, 0.29) is 24.5 Å². The molecule has 0 saturated carbocycles. The summed E-state index contributed by atoms with van der Waals surface area (Å²) >= 11 is 3.01. The van der Waals surface area contributed by atoms with E-state index in [2.05, 4.69) is 24.1 Å². The molecule has 1 saturated heterocycles. The zero-order valence-corrected chi connectivity index (χ0v) is 25.1. The van der Waals surface area contributed by atoms with E-state index in [0.29, 0.717) is 38.6 Å². The monoisotopic (exact) mass is 556 g/mol. The van der Waals surface area contributed by atoms with E-state index < -0.39 is 12.1 Å². The van der Waals surface area contributed by atoms with Crippen molar-refractivity contribution in [2.75, 3.05) is 46.1 Å². The number of nitrogens with two attached hydrogens (primary N) is 1. The van der Waals surface area contributed by atoms with E-state index in [0.717, 1.165) is 15.6 Å². The molecule has 1 aromatic heterocycles. The maximum absolute atomic E-state index is 13.2. The number of carbonyl (C=O) groups excluding carboxylic acids is 3. The zero-order chi connectivity index (χ0) is 28.1. The van der Waals surface area contributed by atoms with Gasteiger partial charge in [0.15, 0.2) is 0 Å². The molecule has 37 heavy (non-hydrogen) atoms. The third-order valence-electron chi connectivity index (χ3n) is 5.66. The molecule has 0 radical (unpaired) electrons. The van der Waals surface area contributed by atoms with Crippen LogP contribution < -0.4 is 11.1 Å². The fourth-order valence-electron chi connectivity index (χ4n) is 3.44. The summed E-state index contributed by atoms with van der Waals surface area (Å²) in [6, 6.07) is -0.986. The van der Waals surface area contributed by atoms with E-state index in [9.17, 15) is 14.4 Å². The highest BCUT2D eigenvalue weighted by atomic mass is 32.2. The maximum Gasteiger partial charge on any atom is 0.410 e. The number of nitrogens with one attached hydrogen (secondary N) is 1. The molecule has 1 aliphatic rings. The van der Waals surface area contributed by atoms with Crippen molar-refractivity contribution in [1.29, 1.82) is 0 Å². The summed E-state index contributed by atoms with van der Waals surface area (Å²) in [5.41, 5.74) is 6.32. The van der Waals surface area contributed by atoms with Gasteiger partial charge in [0.05, 0.1) is 17.2 Å². The summed E-state index contributed by atoms with van der Waals surface area (Å²) in [5, 5.41) is 5.88. The Morgan fingerprint density at radius 2 is 1.78 bits per heavy atom. The molecular weight excluding hydrogens is 512 g/mol. The molecule has 0 spiro atoms. The van der Waals surface area contributed by atoms with E-state index in [1.807, 2.05) is 39.3 Å². The van der Waals surface area contributed by atoms with Crippen LogP contribution in [0, 0.1) is 5.92 Å². The van der Waals surface area contributed by atoms with Gasteiger partial charge in [0, 0.05) is 55.6 Å². The topological polar surface area (TPSA) is 121 Å². The lowest BCUT2D eigenvalue weighted by molar-refractivity contribution is -0.135. The fraction of sp³-hybridized carbons (Fsp3) is 0.680. The normalized spacial score (nSPS) is 14.7. The first-order valence-electron chi connectivity index (χ1n) is 12.7. The van der Waals surface area contributed by atoms with E-state index in [1.165, 1.54) is 22.9 Å². The lowest BCUT2D eigenvalue weighted by Crippen LogP contribution is -2.58. The maximum atomic E-state index is 13.2. The van der Waals surface area contributed by atoms with Gasteiger partial charge >= 0.3 is 12.1 Å². The molecule has 1 fully saturated rings. The van der Waals surface area contributed by atoms with E-state index in [4.69, 9.17) is 10.5 Å². The van der Waals surface area contributed by atoms with Crippen molar-refractivity contribution in [2.45, 2.75) is 60.0 Å². The number of urea groups is 1. The Labute approximate surface area is 230 Å². The van der Waals surface area contributed by atoms with Gasteiger partial charge in [0.25, 0.3) is 0 Å². The van der Waals surface area contributed by atoms with Crippen LogP contribution in [0.25, 0.3) is 0 Å². The van der Waals surface area contributed by atoms with Crippen molar-refractivity contribution in [2.24, 2.45) is 11.7 Å². The van der Waals surface area contributed by atoms with Crippen LogP contribution in [0.4, 0.5) is 9.59 Å². The predicted octanol–water partition coefficient (Wildman–Crippen LogP) is 3.90. The Morgan fingerprint density at radius 1 is 1.19 bits per heavy atom. The minimum absolute atomic E-state index is 0.0947. The van der Waals surface area contributed by atoms with Crippen LogP contribution in [0.2, 0.25) is 0 Å². The first-order chi connectivity index (χ1) is 17.6. The minimum atomic E-state index is -0.663. The summed E-state index contributed by atoms with van der Waals surface area (Å²) in [4.78, 5) is 48.5. The van der Waals surface area contributed by atoms with Crippen molar-refractivity contribution in [3.8, 4) is 0 Å². The van der Waals surface area contributed by atoms with Crippen molar-refractivity contribution < 1.29 is 19.1 Å². The third-order valence-corrected chi connectivity index (χ3v) is 7.63. The number of carbonyl (C=O) groups is 3. The molecule has 10 nitrogen and oxygen atoms in total. The van der Waals surface area contributed by atoms with Crippen LogP contribution in [0.1, 0.15) is 58.2 Å². The van der Waals surface area contributed by atoms with Gasteiger partial charge in [-0.25, -0.2) is 14.6 Å². The van der Waals surface area contributed by atoms with Crippen molar-refractivity contribution in [1.82, 2.24) is 25.0 Å². The second-order valence-electron chi connectivity index (χ2n) is 9.06. The van der Waals surface area contributed by atoms with Gasteiger partial charge in [-0.1, -0.05) is 41.5 Å². The molecule has 0 bridgehead atoms. The average molecular weight is 557 g/mol. The standard InChI is InChI=1S/C23H38N6O4S2.C2H6/c1-15(2)19(26-22(31)27(5)12-17-14-35-20(25-17)16(3)4)21(30)28-7-9-29(10-8-28)23(32)33-13-18(11-24)34-6;1-2/h11,14-16,19H,7-10,12-13,24H2,1-6H3,(H,26,31);1-2H3/b18-11-;. The van der Waals surface area contributed by atoms with Gasteiger partial charge in [0.1, 0.15) is 12.6 Å². The molecule has 2 rings (SSSR count). The zero-order valence-electron chi connectivity index (χ0n) is 23.4. The van der Waals surface area contributed by atoms with Crippen LogP contribution >= 0.6 is 23.1 Å². The van der Waals surface area contributed by atoms with Crippen LogP contribution in [0.15, 0.2) is 16.5 Å². The quantitative estimate of drug-likeness (QED) is 0.473. The average Bonchev–Trinajstić information content (AvgIpc) is 3.37. The SMILES string of the molecule is CC.CS/C(=C\N)COC(=O)N1CCN(C(=O)C(NC(=O)N(C)Cc2csc(C(C)C)n2)C(C)C)CC1. The molecule has 4 amide bonds. The molecule has 0 aliphatic carbocycles. The molecule has 1 unspecified atom stereocenters. The first-order valence-corrected chi connectivity index (χ1v) is 14.8. The van der Waals surface area contributed by atoms with Crippen molar-refractivity contribution in [3.63, 3.8) is 0 Å². The Morgan fingerprint density at radius 3 is 2.27 bits per heavy atom. The van der Waals surface area contributed by atoms with Gasteiger partial charge in [-0.2, -0.15) is 0 Å². The Hall–Kier alpha value is -2.47. The second-order valence-corrected chi connectivity index (χ2v) is 10.9. The summed E-state index contributed by atoms with van der Waals surface area (Å²) in [6.07, 6.45) is 2.86. The number of nitrogens with zero attached hydrogens (tertiary/aromatic N) is 4. The summed E-state index contributed by atoms with van der Waals surface area (Å²) in [5.74, 6) is 0.0951. The molecular formula is C25H44N6O4S2. The highest BCUT2D eigenvalue weighted by molar-refractivity contribution is 8.02. The van der Waals surface area contributed by atoms with Gasteiger partial charge < -0.3 is 30.5 Å². The van der Waals surface area contributed by atoms with Gasteiger partial charge in [-0.3, -0.25) is 4.79 Å². The van der Waals surface area contributed by atoms with Crippen LogP contribution in [0.3, 0.4) is 0 Å². The number of thiazole rings is 1. The lowest BCUT2D eigenvalue weighted by atomic mass is 10.0. The van der Waals surface area contributed by atoms with Crippen LogP contribution in [-0.2, 0) is 16.1 Å². The highest BCUT2D eigenvalue weighted by Gasteiger charge is 2.32. The fourth-order valence-corrected chi connectivity index (χ4v) is 4.58. The largest absolute Gasteiger partial charge is 0.444 e. The molecule has 1 atom stereocenters. The van der Waals surface area contributed by atoms with E-state index >= 15 is 0 Å². The lowest BCUT2D eigenvalue weighted by Gasteiger charge is -2.37. The van der Waals surface area contributed by atoms with Crippen molar-refractivity contribution >= 4 is 41.1 Å². The predicted molar refractivity (Wildman–Crippen MR) is 151 cm³/mol. The Balaban J connectivity index is 0.00000334. The number of piperazine rings is 1. The van der Waals surface area contributed by atoms with Crippen LogP contribution in [0.5, 0.6) is 0 Å². The minimum Gasteiger partial charge on any atom is -0.444 e. The molecule has 0 aromatic carbocycles. The number of hydrogen-bond donors (Lipinski definition) is 2. The molecule has 1 aromatic rings. The molecule has 2 heterocycles. The first kappa shape index (κ1) is 32.6. The molecule has 1 aliphatic heterocycles. The summed E-state index contributed by atoms with van der Waals surface area (Å²) < 4.78 is 5.30. The highest BCUT2D eigenvalue weighted by Crippen LogP contribution is 2.20. The molecule has 210 valence electrons. The van der Waals surface area contributed by atoms with Gasteiger partial charge in [-0.15, -0.1) is 23.1 Å². The second kappa shape index (κ2) is 16.4. The van der Waals surface area contributed by atoms with Crippen LogP contribution in [-0.4, -0.2) is 89.8 Å². The molecule has 12 heteroatoms. The Bertz CT molecular complexity index is 897. The Kier molecular flexibility index (Phi) is 14.4. The number of thioether (sulfide) groups is 1. The summed E-state index contributed by atoms with van der Waals surface area (Å²) in [7, 11) is 1.69. The summed E-state index contributed by atoms with van der Waals surface area (Å²) in [6.45, 7) is 14.0. The van der Waals surface area contributed by atoms with Gasteiger partial charge in [0.2, 0.25) is 5.91 Å². The number of hydrogen-bond acceptors (Lipinski definition) is 8. The number of ether oxygens (including phenoxy) is 1. The van der Waals surface area contributed by atoms with Gasteiger partial charge in [-0.05, 0) is 12.2 Å². The smallest absolute Gasteiger partial charge is 0.410 e. The third kappa shape index (κ3) is 10.1. The van der Waals surface area contributed by atoms with Crippen molar-refractivity contribution in [3.05, 3.63) is 27.2 Å². The number of rotatable bonds is 9. The van der Waals surface area contributed by atoms with E-state index in [1.54, 1.807) is 28.2 Å². The number of aromatic nitrogens is 1.